The highest BCUT2D eigenvalue weighted by Gasteiger charge is 2.11. The van der Waals surface area contributed by atoms with Crippen molar-refractivity contribution >= 4 is 29.9 Å². The number of aliphatic hydroxyl groups is 1. The van der Waals surface area contributed by atoms with Gasteiger partial charge in [-0.1, -0.05) is 12.1 Å². The van der Waals surface area contributed by atoms with Crippen LogP contribution in [0.2, 0.25) is 0 Å². The van der Waals surface area contributed by atoms with Gasteiger partial charge in [-0.3, -0.25) is 4.99 Å². The number of benzene rings is 1. The number of nitrogens with zero attached hydrogens (tertiary/aromatic N) is 2. The van der Waals surface area contributed by atoms with Crippen molar-refractivity contribution in [1.29, 1.82) is 0 Å². The smallest absolute Gasteiger partial charge is 0.387 e. The van der Waals surface area contributed by atoms with Gasteiger partial charge in [0.2, 0.25) is 0 Å². The molecule has 0 bridgehead atoms. The van der Waals surface area contributed by atoms with Crippen molar-refractivity contribution in [2.24, 2.45) is 4.99 Å². The van der Waals surface area contributed by atoms with Gasteiger partial charge in [-0.25, -0.2) is 0 Å². The third-order valence-electron chi connectivity index (χ3n) is 4.65. The van der Waals surface area contributed by atoms with Gasteiger partial charge in [0.05, 0.1) is 12.6 Å². The normalized spacial score (nSPS) is 15.8. The molecule has 1 aromatic carbocycles. The number of halogens is 3. The van der Waals surface area contributed by atoms with E-state index in [4.69, 9.17) is 0 Å². The summed E-state index contributed by atoms with van der Waals surface area (Å²) in [5.41, 5.74) is 0.604. The molecule has 3 N–H and O–H groups in total. The maximum absolute atomic E-state index is 12.2. The monoisotopic (exact) mass is 526 g/mol. The fourth-order valence-electron chi connectivity index (χ4n) is 3.17. The second-order valence-electron chi connectivity index (χ2n) is 6.87. The van der Waals surface area contributed by atoms with Gasteiger partial charge in [-0.2, -0.15) is 8.78 Å². The number of aliphatic hydroxyl groups excluding tert-OH is 1. The van der Waals surface area contributed by atoms with E-state index in [1.165, 1.54) is 38.1 Å². The Morgan fingerprint density at radius 3 is 2.48 bits per heavy atom. The zero-order chi connectivity index (χ0) is 20.2. The number of unbranched alkanes of at least 4 members (excludes halogenated alkanes) is 1. The second-order valence-corrected chi connectivity index (χ2v) is 6.87. The summed E-state index contributed by atoms with van der Waals surface area (Å²) < 4.78 is 28.7. The van der Waals surface area contributed by atoms with Gasteiger partial charge in [0, 0.05) is 13.1 Å². The Labute approximate surface area is 189 Å². The zero-order valence-electron chi connectivity index (χ0n) is 16.9. The van der Waals surface area contributed by atoms with Crippen molar-refractivity contribution in [2.75, 3.05) is 39.3 Å². The number of rotatable bonds is 11. The number of hydrogen-bond acceptors (Lipinski definition) is 4. The van der Waals surface area contributed by atoms with E-state index in [9.17, 15) is 13.9 Å². The first-order valence-corrected chi connectivity index (χ1v) is 10.1. The number of aliphatic imine (C=N–C) groups is 1. The lowest BCUT2D eigenvalue weighted by Gasteiger charge is -2.15. The van der Waals surface area contributed by atoms with E-state index in [0.717, 1.165) is 32.5 Å². The van der Waals surface area contributed by atoms with Crippen molar-refractivity contribution in [3.05, 3.63) is 29.8 Å². The number of likely N-dealkylation sites (tertiary alicyclic amines) is 1. The standard InChI is InChI=1S/C20H32F2N4O2.HI/c1-2-23-20(24-11-3-4-12-26-13-5-6-14-26)25-15-18(27)16-7-9-17(10-8-16)28-19(21)22;/h7-10,18-19,27H,2-6,11-15H2,1H3,(H2,23,24,25);1H. The summed E-state index contributed by atoms with van der Waals surface area (Å²) in [6.07, 6.45) is 4.04. The largest absolute Gasteiger partial charge is 0.435 e. The summed E-state index contributed by atoms with van der Waals surface area (Å²) in [5.74, 6) is 0.735. The molecule has 0 radical (unpaired) electrons. The Balaban J connectivity index is 0.00000420. The summed E-state index contributed by atoms with van der Waals surface area (Å²) in [5, 5.41) is 16.7. The molecular weight excluding hydrogens is 493 g/mol. The summed E-state index contributed by atoms with van der Waals surface area (Å²) in [6.45, 7) is 4.48. The van der Waals surface area contributed by atoms with E-state index in [1.54, 1.807) is 12.1 Å². The quantitative estimate of drug-likeness (QED) is 0.179. The van der Waals surface area contributed by atoms with E-state index < -0.39 is 12.7 Å². The Hall–Kier alpha value is -1.20. The van der Waals surface area contributed by atoms with Crippen LogP contribution in [0.15, 0.2) is 29.3 Å². The molecule has 0 amide bonds. The topological polar surface area (TPSA) is 69.1 Å². The first-order chi connectivity index (χ1) is 13.6. The molecule has 1 aromatic rings. The molecule has 0 spiro atoms. The molecule has 1 saturated heterocycles. The SMILES string of the molecule is CCNC(=NCC(O)c1ccc(OC(F)F)cc1)NCCCCN1CCCC1.I. The minimum Gasteiger partial charge on any atom is -0.435 e. The van der Waals surface area contributed by atoms with Crippen LogP contribution in [0.4, 0.5) is 8.78 Å². The fourth-order valence-corrected chi connectivity index (χ4v) is 3.17. The van der Waals surface area contributed by atoms with Gasteiger partial charge < -0.3 is 25.4 Å². The van der Waals surface area contributed by atoms with Crippen LogP contribution in [0.5, 0.6) is 5.75 Å². The zero-order valence-corrected chi connectivity index (χ0v) is 19.3. The van der Waals surface area contributed by atoms with Crippen LogP contribution in [0.1, 0.15) is 44.3 Å². The predicted molar refractivity (Wildman–Crippen MR) is 122 cm³/mol. The Morgan fingerprint density at radius 2 is 1.86 bits per heavy atom. The molecule has 6 nitrogen and oxygen atoms in total. The maximum Gasteiger partial charge on any atom is 0.387 e. The minimum absolute atomic E-state index is 0. The van der Waals surface area contributed by atoms with E-state index in [1.807, 2.05) is 6.92 Å². The number of hydrogen-bond donors (Lipinski definition) is 3. The number of alkyl halides is 2. The van der Waals surface area contributed by atoms with E-state index in [0.29, 0.717) is 11.5 Å². The van der Waals surface area contributed by atoms with Crippen LogP contribution in [-0.4, -0.2) is 61.8 Å². The molecule has 166 valence electrons. The number of ether oxygens (including phenoxy) is 1. The summed E-state index contributed by atoms with van der Waals surface area (Å²) in [6, 6.07) is 5.96. The first-order valence-electron chi connectivity index (χ1n) is 10.1. The van der Waals surface area contributed by atoms with Crippen molar-refractivity contribution in [3.63, 3.8) is 0 Å². The highest BCUT2D eigenvalue weighted by molar-refractivity contribution is 14.0. The van der Waals surface area contributed by atoms with Gasteiger partial charge >= 0.3 is 6.61 Å². The Kier molecular flexibility index (Phi) is 13.1. The van der Waals surface area contributed by atoms with E-state index in [2.05, 4.69) is 25.3 Å². The fraction of sp³-hybridized carbons (Fsp3) is 0.650. The van der Waals surface area contributed by atoms with E-state index >= 15 is 0 Å². The molecule has 2 rings (SSSR count). The van der Waals surface area contributed by atoms with Gasteiger partial charge in [0.1, 0.15) is 5.75 Å². The average Bonchev–Trinajstić information content (AvgIpc) is 3.19. The second kappa shape index (κ2) is 14.7. The van der Waals surface area contributed by atoms with Crippen molar-refractivity contribution in [2.45, 2.75) is 45.3 Å². The van der Waals surface area contributed by atoms with Crippen LogP contribution in [-0.2, 0) is 0 Å². The van der Waals surface area contributed by atoms with Crippen molar-refractivity contribution in [1.82, 2.24) is 15.5 Å². The highest BCUT2D eigenvalue weighted by Crippen LogP contribution is 2.19. The van der Waals surface area contributed by atoms with Crippen LogP contribution < -0.4 is 15.4 Å². The van der Waals surface area contributed by atoms with Crippen molar-refractivity contribution in [3.8, 4) is 5.75 Å². The minimum atomic E-state index is -2.86. The first kappa shape index (κ1) is 25.8. The number of guanidine groups is 1. The van der Waals surface area contributed by atoms with Crippen LogP contribution >= 0.6 is 24.0 Å². The van der Waals surface area contributed by atoms with Crippen LogP contribution in [0.25, 0.3) is 0 Å². The highest BCUT2D eigenvalue weighted by atomic mass is 127. The molecule has 0 saturated carbocycles. The lowest BCUT2D eigenvalue weighted by atomic mass is 10.1. The number of nitrogens with one attached hydrogen (secondary N) is 2. The van der Waals surface area contributed by atoms with Gasteiger partial charge in [-0.05, 0) is 69.9 Å². The third-order valence-corrected chi connectivity index (χ3v) is 4.65. The average molecular weight is 526 g/mol. The molecule has 29 heavy (non-hydrogen) atoms. The molecule has 1 aliphatic rings. The summed E-state index contributed by atoms with van der Waals surface area (Å²) >= 11 is 0. The molecule has 1 unspecified atom stereocenters. The van der Waals surface area contributed by atoms with Gasteiger partial charge in [0.15, 0.2) is 5.96 Å². The lowest BCUT2D eigenvalue weighted by Crippen LogP contribution is -2.38. The maximum atomic E-state index is 12.2. The van der Waals surface area contributed by atoms with E-state index in [-0.39, 0.29) is 36.3 Å². The van der Waals surface area contributed by atoms with Crippen LogP contribution in [0.3, 0.4) is 0 Å². The molecule has 1 heterocycles. The summed E-state index contributed by atoms with van der Waals surface area (Å²) in [7, 11) is 0. The molecule has 9 heteroatoms. The molecular formula is C20H33F2IN4O2. The Bertz CT molecular complexity index is 584. The molecule has 0 aliphatic carbocycles. The molecule has 1 aliphatic heterocycles. The predicted octanol–water partition coefficient (Wildman–Crippen LogP) is 3.37. The summed E-state index contributed by atoms with van der Waals surface area (Å²) in [4.78, 5) is 6.93. The van der Waals surface area contributed by atoms with Gasteiger partial charge in [-0.15, -0.1) is 24.0 Å². The lowest BCUT2D eigenvalue weighted by molar-refractivity contribution is -0.0498. The molecule has 0 aromatic heterocycles. The Morgan fingerprint density at radius 1 is 1.17 bits per heavy atom. The third kappa shape index (κ3) is 10.4. The van der Waals surface area contributed by atoms with Crippen LogP contribution in [0, 0.1) is 0 Å². The molecule has 1 atom stereocenters. The van der Waals surface area contributed by atoms with Gasteiger partial charge in [0.25, 0.3) is 0 Å². The molecule has 1 fully saturated rings. The van der Waals surface area contributed by atoms with Crippen molar-refractivity contribution < 1.29 is 18.6 Å².